The number of piperidine rings is 1. The van der Waals surface area contributed by atoms with Gasteiger partial charge >= 0.3 is 0 Å². The second-order valence-electron chi connectivity index (χ2n) is 8.95. The molecular weight excluding hydrogens is 483 g/mol. The van der Waals surface area contributed by atoms with Crippen LogP contribution in [0.5, 0.6) is 0 Å². The first-order chi connectivity index (χ1) is 16.3. The minimum Gasteiger partial charge on any atom is -0.390 e. The summed E-state index contributed by atoms with van der Waals surface area (Å²) < 4.78 is 28.1. The highest BCUT2D eigenvalue weighted by Crippen LogP contribution is 2.41. The van der Waals surface area contributed by atoms with Crippen LogP contribution in [-0.2, 0) is 6.42 Å². The summed E-state index contributed by atoms with van der Waals surface area (Å²) in [5.74, 6) is 0.220. The Kier molecular flexibility index (Phi) is 6.42. The lowest BCUT2D eigenvalue weighted by Gasteiger charge is -2.34. The fourth-order valence-electron chi connectivity index (χ4n) is 4.94. The number of anilines is 1. The molecule has 182 valence electrons. The molecule has 1 aromatic carbocycles. The van der Waals surface area contributed by atoms with Gasteiger partial charge in [-0.05, 0) is 44.7 Å². The van der Waals surface area contributed by atoms with Crippen LogP contribution in [0.4, 0.5) is 10.3 Å². The number of aromatic nitrogens is 4. The number of nitrogens with zero attached hydrogens (tertiary/aromatic N) is 5. The summed E-state index contributed by atoms with van der Waals surface area (Å²) in [5.41, 5.74) is 2.75. The molecule has 9 nitrogen and oxygen atoms in total. The number of aryl methyl sites for hydroxylation is 1. The van der Waals surface area contributed by atoms with E-state index in [1.54, 1.807) is 11.2 Å². The molecule has 4 heterocycles. The van der Waals surface area contributed by atoms with Gasteiger partial charge in [-0.2, -0.15) is 0 Å². The zero-order valence-electron chi connectivity index (χ0n) is 18.7. The molecule has 2 aliphatic heterocycles. The third-order valence-corrected chi connectivity index (χ3v) is 7.49. The van der Waals surface area contributed by atoms with Crippen LogP contribution < -0.4 is 5.32 Å². The zero-order chi connectivity index (χ0) is 24.1. The summed E-state index contributed by atoms with van der Waals surface area (Å²) in [4.78, 5) is 13.3. The molecule has 2 aromatic heterocycles. The number of hydrogen-bond donors (Lipinski definition) is 4. The van der Waals surface area contributed by atoms with Gasteiger partial charge in [0, 0.05) is 24.7 Å². The number of benzene rings is 1. The average Bonchev–Trinajstić information content (AvgIpc) is 3.23. The quantitative estimate of drug-likeness (QED) is 0.301. The van der Waals surface area contributed by atoms with Crippen LogP contribution in [0.3, 0.4) is 0 Å². The fourth-order valence-corrected chi connectivity index (χ4v) is 5.54. The lowest BCUT2D eigenvalue weighted by Crippen LogP contribution is -2.47. The summed E-state index contributed by atoms with van der Waals surface area (Å²) in [6, 6.07) is 1.17. The number of aliphatic hydroxyl groups is 2. The van der Waals surface area contributed by atoms with Gasteiger partial charge in [0.25, 0.3) is 0 Å². The molecule has 0 radical (unpaired) electrons. The van der Waals surface area contributed by atoms with E-state index < -0.39 is 18.0 Å². The van der Waals surface area contributed by atoms with Gasteiger partial charge in [-0.25, -0.2) is 23.6 Å². The monoisotopic (exact) mass is 508 g/mol. The smallest absolute Gasteiger partial charge is 0.223 e. The normalized spacial score (nSPS) is 23.9. The standard InChI is InChI=1S/C22H26ClFN6O3S/c1-10-3-4-12-13(7-15(24)19-20(12)30(10)21(27-19)11(2)31)18-14(23)8-25-22(28-18)26-16-5-6-29(34-33)9-17(16)32/h7-8,10-11,16-17,31-33H,3-6,9H2,1-2H3,(H,25,26,28). The largest absolute Gasteiger partial charge is 0.390 e. The Hall–Kier alpha value is -2.02. The van der Waals surface area contributed by atoms with Crippen molar-refractivity contribution in [1.82, 2.24) is 23.8 Å². The highest BCUT2D eigenvalue weighted by Gasteiger charge is 2.31. The third-order valence-electron chi connectivity index (χ3n) is 6.65. The van der Waals surface area contributed by atoms with Crippen LogP contribution in [-0.4, -0.2) is 63.8 Å². The summed E-state index contributed by atoms with van der Waals surface area (Å²) in [6.45, 7) is 4.56. The third kappa shape index (κ3) is 4.04. The minimum atomic E-state index is -0.829. The Bertz CT molecular complexity index is 1240. The Morgan fingerprint density at radius 1 is 1.32 bits per heavy atom. The molecule has 1 fully saturated rings. The Morgan fingerprint density at radius 2 is 2.12 bits per heavy atom. The molecule has 34 heavy (non-hydrogen) atoms. The highest BCUT2D eigenvalue weighted by atomic mass is 35.5. The second-order valence-corrected chi connectivity index (χ2v) is 10.0. The molecule has 0 bridgehead atoms. The van der Waals surface area contributed by atoms with E-state index in [-0.39, 0.29) is 28.6 Å². The van der Waals surface area contributed by atoms with Gasteiger partial charge in [0.15, 0.2) is 5.82 Å². The van der Waals surface area contributed by atoms with Crippen LogP contribution >= 0.6 is 23.8 Å². The molecular formula is C22H26ClFN6O3S. The average molecular weight is 509 g/mol. The molecule has 0 saturated carbocycles. The van der Waals surface area contributed by atoms with E-state index in [4.69, 9.17) is 11.6 Å². The molecule has 4 unspecified atom stereocenters. The van der Waals surface area contributed by atoms with Crippen molar-refractivity contribution in [3.05, 3.63) is 34.5 Å². The van der Waals surface area contributed by atoms with Gasteiger partial charge in [-0.15, -0.1) is 0 Å². The first-order valence-corrected chi connectivity index (χ1v) is 12.3. The maximum atomic E-state index is 15.3. The van der Waals surface area contributed by atoms with Crippen LogP contribution in [0.25, 0.3) is 22.3 Å². The van der Waals surface area contributed by atoms with Crippen molar-refractivity contribution in [3.63, 3.8) is 0 Å². The summed E-state index contributed by atoms with van der Waals surface area (Å²) in [5, 5.41) is 24.1. The lowest BCUT2D eigenvalue weighted by atomic mass is 9.93. The van der Waals surface area contributed by atoms with Gasteiger partial charge in [0.1, 0.15) is 17.4 Å². The molecule has 0 aliphatic carbocycles. The minimum absolute atomic E-state index is 0.0688. The van der Waals surface area contributed by atoms with E-state index in [1.807, 2.05) is 11.5 Å². The van der Waals surface area contributed by atoms with Crippen molar-refractivity contribution in [2.75, 3.05) is 18.4 Å². The maximum Gasteiger partial charge on any atom is 0.223 e. The fraction of sp³-hybridized carbons (Fsp3) is 0.500. The van der Waals surface area contributed by atoms with Crippen molar-refractivity contribution in [2.45, 2.75) is 57.4 Å². The first kappa shape index (κ1) is 23.7. The first-order valence-electron chi connectivity index (χ1n) is 11.2. The number of aliphatic hydroxyl groups excluding tert-OH is 2. The molecule has 1 saturated heterocycles. The molecule has 4 N–H and O–H groups in total. The van der Waals surface area contributed by atoms with E-state index in [1.165, 1.54) is 12.3 Å². The molecule has 0 spiro atoms. The molecule has 3 aromatic rings. The molecule has 4 atom stereocenters. The number of β-amino-alcohol motifs (C(OH)–C–C–N with tert-alkyl or cyclic N) is 1. The van der Waals surface area contributed by atoms with E-state index in [0.29, 0.717) is 60.8 Å². The summed E-state index contributed by atoms with van der Waals surface area (Å²) in [7, 11) is 0. The van der Waals surface area contributed by atoms with Gasteiger partial charge in [-0.1, -0.05) is 11.6 Å². The number of imidazole rings is 1. The predicted octanol–water partition coefficient (Wildman–Crippen LogP) is 3.81. The molecule has 2 aliphatic rings. The van der Waals surface area contributed by atoms with Crippen LogP contribution in [0.15, 0.2) is 12.3 Å². The van der Waals surface area contributed by atoms with Crippen LogP contribution in [0.2, 0.25) is 5.02 Å². The Morgan fingerprint density at radius 3 is 2.82 bits per heavy atom. The Labute approximate surface area is 205 Å². The van der Waals surface area contributed by atoms with Crippen molar-refractivity contribution < 1.29 is 19.2 Å². The van der Waals surface area contributed by atoms with Gasteiger partial charge < -0.3 is 24.6 Å². The van der Waals surface area contributed by atoms with Crippen molar-refractivity contribution in [3.8, 4) is 11.3 Å². The van der Waals surface area contributed by atoms with Crippen LogP contribution in [0, 0.1) is 5.82 Å². The molecule has 12 heteroatoms. The zero-order valence-corrected chi connectivity index (χ0v) is 20.3. The maximum absolute atomic E-state index is 15.3. The molecule has 0 amide bonds. The van der Waals surface area contributed by atoms with Gasteiger partial charge in [0.2, 0.25) is 5.95 Å². The van der Waals surface area contributed by atoms with E-state index in [2.05, 4.69) is 20.3 Å². The van der Waals surface area contributed by atoms with Crippen LogP contribution in [0.1, 0.15) is 50.2 Å². The van der Waals surface area contributed by atoms with E-state index >= 15 is 4.39 Å². The number of rotatable bonds is 5. The van der Waals surface area contributed by atoms with Crippen molar-refractivity contribution >= 4 is 40.8 Å². The Balaban J connectivity index is 1.57. The van der Waals surface area contributed by atoms with Gasteiger partial charge in [0.05, 0.1) is 46.8 Å². The van der Waals surface area contributed by atoms with Crippen molar-refractivity contribution in [1.29, 1.82) is 0 Å². The highest BCUT2D eigenvalue weighted by molar-refractivity contribution is 7.91. The van der Waals surface area contributed by atoms with E-state index in [9.17, 15) is 14.8 Å². The van der Waals surface area contributed by atoms with Crippen molar-refractivity contribution in [2.24, 2.45) is 0 Å². The number of nitrogens with one attached hydrogen (secondary N) is 1. The summed E-state index contributed by atoms with van der Waals surface area (Å²) >= 11 is 7.10. The molecule has 5 rings (SSSR count). The predicted molar refractivity (Wildman–Crippen MR) is 129 cm³/mol. The van der Waals surface area contributed by atoms with E-state index in [0.717, 1.165) is 12.0 Å². The number of halogens is 2. The second kappa shape index (κ2) is 9.21. The lowest BCUT2D eigenvalue weighted by molar-refractivity contribution is 0.0971. The van der Waals surface area contributed by atoms with Gasteiger partial charge in [-0.3, -0.25) is 0 Å². The number of hydrogen-bond acceptors (Lipinski definition) is 9. The SMILES string of the molecule is CC(O)c1nc2c(F)cc(-c3nc(NC4CCN(SO)CC4O)ncc3Cl)c3c2n1C(C)CC3. The topological polar surface area (TPSA) is 120 Å². The summed E-state index contributed by atoms with van der Waals surface area (Å²) in [6.07, 6.45) is 2.00.